The Morgan fingerprint density at radius 1 is 0.895 bits per heavy atom. The molecule has 0 aliphatic carbocycles. The highest BCUT2D eigenvalue weighted by Gasteiger charge is 2.11. The average molecular weight is 527 g/mol. The number of benzene rings is 1. The number of aliphatic hydroxyl groups excluding tert-OH is 1. The summed E-state index contributed by atoms with van der Waals surface area (Å²) in [6.45, 7) is 3.58. The minimum Gasteiger partial charge on any atom is -0.394 e. The number of aromatic nitrogens is 3. The van der Waals surface area contributed by atoms with Gasteiger partial charge in [-0.15, -0.1) is 0 Å². The molecule has 1 heterocycles. The molecule has 1 unspecified atom stereocenters. The van der Waals surface area contributed by atoms with Crippen LogP contribution in [0.2, 0.25) is 0 Å². The second-order valence-electron chi connectivity index (χ2n) is 10.3. The fourth-order valence-corrected chi connectivity index (χ4v) is 4.62. The Morgan fingerprint density at radius 2 is 1.50 bits per heavy atom. The summed E-state index contributed by atoms with van der Waals surface area (Å²) in [6.07, 6.45) is 24.3. The Hall–Kier alpha value is -2.27. The molecule has 2 aromatic rings. The van der Waals surface area contributed by atoms with E-state index < -0.39 is 0 Å². The van der Waals surface area contributed by atoms with Crippen LogP contribution in [0.5, 0.6) is 0 Å². The summed E-state index contributed by atoms with van der Waals surface area (Å²) in [4.78, 5) is 3.95. The van der Waals surface area contributed by atoms with E-state index in [1.54, 1.807) is 17.1 Å². The predicted octanol–water partition coefficient (Wildman–Crippen LogP) is 7.29. The lowest BCUT2D eigenvalue weighted by atomic mass is 10.0. The Kier molecular flexibility index (Phi) is 18.2. The summed E-state index contributed by atoms with van der Waals surface area (Å²) in [7, 11) is 0. The average Bonchev–Trinajstić information content (AvgIpc) is 3.49. The van der Waals surface area contributed by atoms with E-state index in [2.05, 4.69) is 23.1 Å². The van der Waals surface area contributed by atoms with Gasteiger partial charge in [0.25, 0.3) is 0 Å². The molecule has 0 radical (unpaired) electrons. The van der Waals surface area contributed by atoms with Gasteiger partial charge in [0.2, 0.25) is 0 Å². The molecule has 0 saturated heterocycles. The van der Waals surface area contributed by atoms with Crippen LogP contribution < -0.4 is 0 Å². The van der Waals surface area contributed by atoms with Crippen LogP contribution in [0.3, 0.4) is 0 Å². The van der Waals surface area contributed by atoms with Crippen molar-refractivity contribution in [2.75, 3.05) is 19.8 Å². The highest BCUT2D eigenvalue weighted by molar-refractivity contribution is 5.49. The van der Waals surface area contributed by atoms with Gasteiger partial charge >= 0.3 is 0 Å². The van der Waals surface area contributed by atoms with E-state index >= 15 is 0 Å². The van der Waals surface area contributed by atoms with Gasteiger partial charge in [-0.25, -0.2) is 9.67 Å². The molecule has 0 aliphatic rings. The van der Waals surface area contributed by atoms with E-state index in [0.717, 1.165) is 12.0 Å². The third-order valence-electron chi connectivity index (χ3n) is 6.98. The fraction of sp³-hybridized carbons (Fsp3) is 0.710. The van der Waals surface area contributed by atoms with Crippen LogP contribution >= 0.6 is 0 Å². The zero-order valence-corrected chi connectivity index (χ0v) is 23.7. The first-order chi connectivity index (χ1) is 18.8. The second-order valence-corrected chi connectivity index (χ2v) is 10.3. The van der Waals surface area contributed by atoms with Crippen LogP contribution in [-0.4, -0.2) is 45.8 Å². The molecule has 1 aromatic carbocycles. The first-order valence-electron chi connectivity index (χ1n) is 15.0. The van der Waals surface area contributed by atoms with Gasteiger partial charge in [0.05, 0.1) is 31.1 Å². The molecular weight excluding hydrogens is 476 g/mol. The monoisotopic (exact) mass is 526 g/mol. The summed E-state index contributed by atoms with van der Waals surface area (Å²) in [5.41, 5.74) is 2.07. The molecule has 0 bridgehead atoms. The number of hydrogen-bond donors (Lipinski definition) is 1. The predicted molar refractivity (Wildman–Crippen MR) is 152 cm³/mol. The lowest BCUT2D eigenvalue weighted by Crippen LogP contribution is -2.24. The van der Waals surface area contributed by atoms with Gasteiger partial charge in [0, 0.05) is 6.61 Å². The van der Waals surface area contributed by atoms with E-state index in [4.69, 9.17) is 9.47 Å². The lowest BCUT2D eigenvalue weighted by Gasteiger charge is -2.16. The van der Waals surface area contributed by atoms with E-state index in [1.165, 1.54) is 103 Å². The minimum atomic E-state index is -0.374. The molecule has 0 fully saturated rings. The maximum atomic E-state index is 9.66. The standard InChI is InChI=1S/C31H50N4O3/c1-2-3-4-5-6-7-8-9-10-11-12-13-14-15-16-17-20-37-25-30(23-36)38-24-28-18-19-29(22-32)31(21-28)35-27-33-26-34-35/h18-19,21,26-27,30,36H,2-17,20,23-25H2,1H3. The Morgan fingerprint density at radius 3 is 2.03 bits per heavy atom. The Labute approximate surface area is 230 Å². The van der Waals surface area contributed by atoms with Gasteiger partial charge in [0.1, 0.15) is 24.8 Å². The van der Waals surface area contributed by atoms with Gasteiger partial charge < -0.3 is 14.6 Å². The molecule has 0 saturated carbocycles. The number of aliphatic hydroxyl groups is 1. The van der Waals surface area contributed by atoms with E-state index in [1.807, 2.05) is 12.1 Å². The number of ether oxygens (including phenoxy) is 2. The molecule has 7 nitrogen and oxygen atoms in total. The topological polar surface area (TPSA) is 93.2 Å². The van der Waals surface area contributed by atoms with Gasteiger partial charge in [-0.05, 0) is 24.1 Å². The number of nitriles is 1. The summed E-state index contributed by atoms with van der Waals surface area (Å²) in [5, 5.41) is 23.1. The van der Waals surface area contributed by atoms with E-state index in [0.29, 0.717) is 31.1 Å². The number of hydrogen-bond acceptors (Lipinski definition) is 6. The molecule has 38 heavy (non-hydrogen) atoms. The second kappa shape index (κ2) is 21.6. The lowest BCUT2D eigenvalue weighted by molar-refractivity contribution is -0.0502. The zero-order valence-electron chi connectivity index (χ0n) is 23.7. The molecule has 212 valence electrons. The third kappa shape index (κ3) is 14.0. The van der Waals surface area contributed by atoms with Crippen molar-refractivity contribution < 1.29 is 14.6 Å². The first-order valence-corrected chi connectivity index (χ1v) is 15.0. The normalized spacial score (nSPS) is 12.0. The number of rotatable bonds is 24. The molecule has 1 N–H and O–H groups in total. The molecule has 0 amide bonds. The molecule has 1 aromatic heterocycles. The van der Waals surface area contributed by atoms with Crippen molar-refractivity contribution in [1.29, 1.82) is 5.26 Å². The Balaban J connectivity index is 1.44. The summed E-state index contributed by atoms with van der Waals surface area (Å²) in [5.74, 6) is 0. The van der Waals surface area contributed by atoms with Crippen molar-refractivity contribution in [3.8, 4) is 11.8 Å². The Bertz CT molecular complexity index is 867. The van der Waals surface area contributed by atoms with E-state index in [-0.39, 0.29) is 12.7 Å². The van der Waals surface area contributed by atoms with Crippen molar-refractivity contribution in [2.24, 2.45) is 0 Å². The molecule has 0 spiro atoms. The zero-order chi connectivity index (χ0) is 27.1. The molecule has 1 atom stereocenters. The third-order valence-corrected chi connectivity index (χ3v) is 6.98. The largest absolute Gasteiger partial charge is 0.394 e. The quantitative estimate of drug-likeness (QED) is 0.144. The van der Waals surface area contributed by atoms with Gasteiger partial charge in [-0.1, -0.05) is 109 Å². The smallest absolute Gasteiger partial charge is 0.138 e. The van der Waals surface area contributed by atoms with Crippen molar-refractivity contribution in [2.45, 2.75) is 122 Å². The van der Waals surface area contributed by atoms with Crippen LogP contribution in [0, 0.1) is 11.3 Å². The molecular formula is C31H50N4O3. The van der Waals surface area contributed by atoms with E-state index in [9.17, 15) is 10.4 Å². The van der Waals surface area contributed by atoms with Gasteiger partial charge in [-0.2, -0.15) is 10.4 Å². The minimum absolute atomic E-state index is 0.0921. The highest BCUT2D eigenvalue weighted by Crippen LogP contribution is 2.17. The summed E-state index contributed by atoms with van der Waals surface area (Å²) < 4.78 is 13.2. The molecule has 7 heteroatoms. The highest BCUT2D eigenvalue weighted by atomic mass is 16.5. The van der Waals surface area contributed by atoms with Crippen LogP contribution in [0.4, 0.5) is 0 Å². The maximum Gasteiger partial charge on any atom is 0.138 e. The molecule has 0 aliphatic heterocycles. The van der Waals surface area contributed by atoms with Gasteiger partial charge in [0.15, 0.2) is 0 Å². The van der Waals surface area contributed by atoms with Crippen molar-refractivity contribution in [3.05, 3.63) is 42.0 Å². The maximum absolute atomic E-state index is 9.66. The first kappa shape index (κ1) is 31.9. The summed E-state index contributed by atoms with van der Waals surface area (Å²) >= 11 is 0. The van der Waals surface area contributed by atoms with Crippen LogP contribution in [0.25, 0.3) is 5.69 Å². The van der Waals surface area contributed by atoms with Gasteiger partial charge in [-0.3, -0.25) is 0 Å². The van der Waals surface area contributed by atoms with Crippen LogP contribution in [0.1, 0.15) is 121 Å². The SMILES string of the molecule is CCCCCCCCCCCCCCCCCCOCC(CO)OCc1ccc(C#N)c(-n2cncn2)c1. The van der Waals surface area contributed by atoms with Crippen molar-refractivity contribution >= 4 is 0 Å². The number of unbranched alkanes of at least 4 members (excludes halogenated alkanes) is 15. The van der Waals surface area contributed by atoms with Crippen LogP contribution in [-0.2, 0) is 16.1 Å². The van der Waals surface area contributed by atoms with Crippen molar-refractivity contribution in [1.82, 2.24) is 14.8 Å². The fourth-order valence-electron chi connectivity index (χ4n) is 4.62. The van der Waals surface area contributed by atoms with Crippen molar-refractivity contribution in [3.63, 3.8) is 0 Å². The number of nitrogens with zero attached hydrogens (tertiary/aromatic N) is 4. The molecule has 2 rings (SSSR count). The summed E-state index contributed by atoms with van der Waals surface area (Å²) in [6, 6.07) is 7.63. The van der Waals surface area contributed by atoms with Crippen LogP contribution in [0.15, 0.2) is 30.9 Å².